The highest BCUT2D eigenvalue weighted by molar-refractivity contribution is 7.02. The first-order valence-corrected chi connectivity index (χ1v) is 7.06. The molecule has 0 N–H and O–H groups in total. The van der Waals surface area contributed by atoms with Crippen molar-refractivity contribution in [1.82, 2.24) is 14.4 Å². The summed E-state index contributed by atoms with van der Waals surface area (Å²) < 4.78 is 4.97. The van der Waals surface area contributed by atoms with Crippen LogP contribution < -0.4 is 4.80 Å². The van der Waals surface area contributed by atoms with Gasteiger partial charge in [-0.2, -0.15) is 0 Å². The second-order valence-corrected chi connectivity index (χ2v) is 5.41. The molecule has 0 aliphatic carbocycles. The Bertz CT molecular complexity index is 866. The van der Waals surface area contributed by atoms with Crippen LogP contribution in [0.15, 0.2) is 17.1 Å². The lowest BCUT2D eigenvalue weighted by Gasteiger charge is -2.03. The molecule has 0 radical (unpaired) electrons. The van der Waals surface area contributed by atoms with E-state index in [0.29, 0.717) is 12.1 Å². The van der Waals surface area contributed by atoms with E-state index in [9.17, 15) is 30.3 Å². The summed E-state index contributed by atoms with van der Waals surface area (Å²) in [6.45, 7) is 3.50. The minimum atomic E-state index is -0.965. The van der Waals surface area contributed by atoms with E-state index in [1.165, 1.54) is 4.68 Å². The summed E-state index contributed by atoms with van der Waals surface area (Å²) in [6, 6.07) is 1.05. The van der Waals surface area contributed by atoms with Gasteiger partial charge in [0.05, 0.1) is 32.9 Å². The molecule has 24 heavy (non-hydrogen) atoms. The number of nitro benzene ring substituents is 3. The van der Waals surface area contributed by atoms with Gasteiger partial charge in [0, 0.05) is 11.5 Å². The molecule has 1 aromatic heterocycles. The van der Waals surface area contributed by atoms with E-state index in [2.05, 4.69) is 14.7 Å². The Balaban J connectivity index is 2.86. The number of rotatable bonds is 5. The summed E-state index contributed by atoms with van der Waals surface area (Å²) >= 11 is 0.780. The smallest absolute Gasteiger partial charge is 0.258 e. The topological polar surface area (TPSA) is 172 Å². The molecule has 2 rings (SSSR count). The molecular formula is C10H9N7O6S. The van der Waals surface area contributed by atoms with Crippen LogP contribution in [0.1, 0.15) is 19.9 Å². The normalized spacial score (nSPS) is 11.7. The predicted octanol–water partition coefficient (Wildman–Crippen LogP) is 1.88. The maximum absolute atomic E-state index is 11.2. The quantitative estimate of drug-likeness (QED) is 0.577. The number of non-ortho nitro benzene ring substituents is 1. The molecule has 0 spiro atoms. The van der Waals surface area contributed by atoms with E-state index in [0.717, 1.165) is 11.5 Å². The highest BCUT2D eigenvalue weighted by atomic mass is 32.1. The Kier molecular flexibility index (Phi) is 4.59. The fourth-order valence-corrected chi connectivity index (χ4v) is 2.41. The van der Waals surface area contributed by atoms with Crippen molar-refractivity contribution in [2.24, 2.45) is 4.99 Å². The van der Waals surface area contributed by atoms with Crippen molar-refractivity contribution < 1.29 is 14.8 Å². The number of aromatic nitrogens is 3. The standard InChI is InChI=1S/C10H9N7O6S/c1-5(2)14-10(24-13-12-14)11-9-7(16(20)21)3-6(15(18)19)4-8(9)17(22)23/h3-5H,1-2H3. The average Bonchev–Trinajstić information content (AvgIpc) is 2.94. The van der Waals surface area contributed by atoms with Crippen molar-refractivity contribution in [3.8, 4) is 0 Å². The van der Waals surface area contributed by atoms with E-state index < -0.39 is 37.5 Å². The Labute approximate surface area is 136 Å². The van der Waals surface area contributed by atoms with E-state index in [4.69, 9.17) is 0 Å². The van der Waals surface area contributed by atoms with Crippen LogP contribution in [0.4, 0.5) is 22.7 Å². The number of hydrogen-bond acceptors (Lipinski definition) is 10. The van der Waals surface area contributed by atoms with Gasteiger partial charge in [-0.25, -0.2) is 9.67 Å². The van der Waals surface area contributed by atoms with Gasteiger partial charge in [-0.15, -0.1) is 0 Å². The maximum Gasteiger partial charge on any atom is 0.308 e. The third kappa shape index (κ3) is 3.22. The van der Waals surface area contributed by atoms with Crippen LogP contribution in [-0.4, -0.2) is 29.2 Å². The van der Waals surface area contributed by atoms with E-state index in [-0.39, 0.29) is 10.8 Å². The van der Waals surface area contributed by atoms with Gasteiger partial charge in [-0.1, -0.05) is 9.70 Å². The monoisotopic (exact) mass is 355 g/mol. The molecule has 0 amide bonds. The zero-order valence-electron chi connectivity index (χ0n) is 12.2. The van der Waals surface area contributed by atoms with Crippen molar-refractivity contribution in [2.75, 3.05) is 0 Å². The van der Waals surface area contributed by atoms with Crippen LogP contribution in [-0.2, 0) is 0 Å². The molecular weight excluding hydrogens is 346 g/mol. The van der Waals surface area contributed by atoms with Gasteiger partial charge in [0.15, 0.2) is 0 Å². The summed E-state index contributed by atoms with van der Waals surface area (Å²) in [4.78, 5) is 34.3. The lowest BCUT2D eigenvalue weighted by molar-refractivity contribution is -0.402. The molecule has 0 bridgehead atoms. The Hall–Kier alpha value is -3.29. The number of hydrogen-bond donors (Lipinski definition) is 0. The first-order valence-electron chi connectivity index (χ1n) is 6.29. The van der Waals surface area contributed by atoms with Gasteiger partial charge >= 0.3 is 11.4 Å². The third-order valence-electron chi connectivity index (χ3n) is 2.81. The third-order valence-corrected chi connectivity index (χ3v) is 3.40. The first kappa shape index (κ1) is 17.1. The zero-order valence-corrected chi connectivity index (χ0v) is 13.0. The Morgan fingerprint density at radius 2 is 1.62 bits per heavy atom. The largest absolute Gasteiger partial charge is 0.308 e. The molecule has 0 saturated heterocycles. The van der Waals surface area contributed by atoms with Crippen molar-refractivity contribution in [2.45, 2.75) is 19.9 Å². The lowest BCUT2D eigenvalue weighted by atomic mass is 10.2. The van der Waals surface area contributed by atoms with Crippen LogP contribution in [0, 0.1) is 30.3 Å². The summed E-state index contributed by atoms with van der Waals surface area (Å²) in [5.74, 6) is 0. The minimum absolute atomic E-state index is 0.0880. The second-order valence-electron chi connectivity index (χ2n) is 4.70. The highest BCUT2D eigenvalue weighted by Gasteiger charge is 2.30. The molecule has 0 aliphatic rings. The molecule has 14 heteroatoms. The average molecular weight is 355 g/mol. The Morgan fingerprint density at radius 3 is 2.04 bits per heavy atom. The van der Waals surface area contributed by atoms with Crippen LogP contribution in [0.3, 0.4) is 0 Å². The maximum atomic E-state index is 11.2. The molecule has 1 heterocycles. The van der Waals surface area contributed by atoms with E-state index in [1.54, 1.807) is 13.8 Å². The SMILES string of the molecule is CC(C)n1nnsc1=Nc1c([N+](=O)[O-])cc([N+](=O)[O-])cc1[N+](=O)[O-]. The van der Waals surface area contributed by atoms with Gasteiger partial charge in [-0.05, 0) is 13.8 Å². The van der Waals surface area contributed by atoms with Crippen molar-refractivity contribution in [3.63, 3.8) is 0 Å². The molecule has 1 aromatic carbocycles. The van der Waals surface area contributed by atoms with E-state index >= 15 is 0 Å². The van der Waals surface area contributed by atoms with Gasteiger partial charge in [0.2, 0.25) is 10.5 Å². The van der Waals surface area contributed by atoms with Crippen LogP contribution in [0.5, 0.6) is 0 Å². The molecule has 126 valence electrons. The van der Waals surface area contributed by atoms with Crippen LogP contribution in [0.25, 0.3) is 0 Å². The summed E-state index contributed by atoms with van der Waals surface area (Å²) in [7, 11) is 0. The zero-order chi connectivity index (χ0) is 18.0. The summed E-state index contributed by atoms with van der Waals surface area (Å²) in [5.41, 5.74) is -3.07. The number of nitro groups is 3. The Morgan fingerprint density at radius 1 is 1.08 bits per heavy atom. The fourth-order valence-electron chi connectivity index (χ4n) is 1.75. The predicted molar refractivity (Wildman–Crippen MR) is 79.9 cm³/mol. The first-order chi connectivity index (χ1) is 11.2. The van der Waals surface area contributed by atoms with Gasteiger partial charge < -0.3 is 0 Å². The molecule has 2 aromatic rings. The van der Waals surface area contributed by atoms with Crippen molar-refractivity contribution in [3.05, 3.63) is 47.3 Å². The highest BCUT2D eigenvalue weighted by Crippen LogP contribution is 2.40. The molecule has 13 nitrogen and oxygen atoms in total. The number of benzene rings is 1. The van der Waals surface area contributed by atoms with Crippen molar-refractivity contribution >= 4 is 34.3 Å². The molecule has 0 saturated carbocycles. The summed E-state index contributed by atoms with van der Waals surface area (Å²) in [5, 5.41) is 36.9. The molecule has 0 unspecified atom stereocenters. The van der Waals surface area contributed by atoms with Crippen molar-refractivity contribution in [1.29, 1.82) is 0 Å². The van der Waals surface area contributed by atoms with Crippen LogP contribution in [0.2, 0.25) is 0 Å². The molecule has 0 aliphatic heterocycles. The van der Waals surface area contributed by atoms with Gasteiger partial charge in [0.25, 0.3) is 5.69 Å². The van der Waals surface area contributed by atoms with Gasteiger partial charge in [0.1, 0.15) is 0 Å². The minimum Gasteiger partial charge on any atom is -0.258 e. The summed E-state index contributed by atoms with van der Waals surface area (Å²) in [6.07, 6.45) is 0. The van der Waals surface area contributed by atoms with E-state index in [1.807, 2.05) is 0 Å². The lowest BCUT2D eigenvalue weighted by Crippen LogP contribution is -2.18. The van der Waals surface area contributed by atoms with Gasteiger partial charge in [-0.3, -0.25) is 30.3 Å². The molecule has 0 fully saturated rings. The van der Waals surface area contributed by atoms with Crippen LogP contribution >= 0.6 is 11.5 Å². The molecule has 0 atom stereocenters. The second kappa shape index (κ2) is 6.45. The number of nitrogens with zero attached hydrogens (tertiary/aromatic N) is 7. The fraction of sp³-hybridized carbons (Fsp3) is 0.300.